The fraction of sp³-hybridized carbons (Fsp3) is 0.348. The van der Waals surface area contributed by atoms with Crippen molar-refractivity contribution in [1.82, 2.24) is 15.2 Å². The Morgan fingerprint density at radius 3 is 2.84 bits per heavy atom. The van der Waals surface area contributed by atoms with Crippen LogP contribution in [0.2, 0.25) is 0 Å². The van der Waals surface area contributed by atoms with Crippen LogP contribution in [-0.4, -0.2) is 54.5 Å². The first kappa shape index (κ1) is 21.3. The number of carbonyl (C=O) groups is 2. The van der Waals surface area contributed by atoms with Gasteiger partial charge in [-0.3, -0.25) is 9.59 Å². The maximum atomic E-state index is 13.2. The number of hydrogen-bond donors (Lipinski definition) is 1. The van der Waals surface area contributed by atoms with E-state index in [2.05, 4.69) is 10.3 Å². The Balaban J connectivity index is 1.68. The number of rotatable bonds is 5. The lowest BCUT2D eigenvalue weighted by Crippen LogP contribution is -2.42. The zero-order valence-corrected chi connectivity index (χ0v) is 18.6. The maximum absolute atomic E-state index is 13.2. The Kier molecular flexibility index (Phi) is 6.20. The van der Waals surface area contributed by atoms with Crippen molar-refractivity contribution in [3.8, 4) is 5.75 Å². The molecule has 4 rings (SSSR count). The number of fused-ring (bicyclic) bond motifs is 1. The summed E-state index contributed by atoms with van der Waals surface area (Å²) in [6.45, 7) is 5.05. The first-order valence-electron chi connectivity index (χ1n) is 10.2. The molecule has 1 N–H and O–H groups in total. The van der Waals surface area contributed by atoms with Crippen LogP contribution in [0.3, 0.4) is 0 Å². The molecule has 2 amide bonds. The van der Waals surface area contributed by atoms with Crippen molar-refractivity contribution in [2.45, 2.75) is 26.0 Å². The van der Waals surface area contributed by atoms with Gasteiger partial charge in [-0.05, 0) is 32.0 Å². The lowest BCUT2D eigenvalue weighted by Gasteiger charge is -2.33. The Morgan fingerprint density at radius 1 is 1.26 bits per heavy atom. The van der Waals surface area contributed by atoms with Crippen LogP contribution in [0.4, 0.5) is 0 Å². The molecule has 1 fully saturated rings. The van der Waals surface area contributed by atoms with Crippen LogP contribution in [-0.2, 0) is 4.74 Å². The van der Waals surface area contributed by atoms with Gasteiger partial charge >= 0.3 is 0 Å². The monoisotopic (exact) mass is 439 g/mol. The van der Waals surface area contributed by atoms with E-state index in [1.165, 1.54) is 11.3 Å². The molecular weight excluding hydrogens is 414 g/mol. The average molecular weight is 440 g/mol. The van der Waals surface area contributed by atoms with E-state index in [1.54, 1.807) is 30.3 Å². The van der Waals surface area contributed by atoms with E-state index in [9.17, 15) is 9.59 Å². The summed E-state index contributed by atoms with van der Waals surface area (Å²) in [6.07, 6.45) is 1.30. The van der Waals surface area contributed by atoms with Gasteiger partial charge in [0.15, 0.2) is 0 Å². The predicted molar refractivity (Wildman–Crippen MR) is 120 cm³/mol. The smallest absolute Gasteiger partial charge is 0.262 e. The lowest BCUT2D eigenvalue weighted by atomic mass is 10.0. The fourth-order valence-corrected chi connectivity index (χ4v) is 4.87. The highest BCUT2D eigenvalue weighted by Gasteiger charge is 2.32. The predicted octanol–water partition coefficient (Wildman–Crippen LogP) is 3.66. The molecule has 1 atom stereocenters. The standard InChI is InChI=1S/C23H25N3O4S/c1-14(2)25-21(27)20-19(16-8-6-10-24-22(16)31-20)18-13-26(11-12-30-18)23(28)15-7-4-5-9-17(15)29-3/h4-10,14,18H,11-13H2,1-3H3,(H,25,27)/t18-/m0/s1. The van der Waals surface area contributed by atoms with Crippen LogP contribution in [0.5, 0.6) is 5.75 Å². The third-order valence-corrected chi connectivity index (χ3v) is 6.27. The number of para-hydroxylation sites is 1. The number of hydrogen-bond acceptors (Lipinski definition) is 6. The van der Waals surface area contributed by atoms with Gasteiger partial charge in [0.25, 0.3) is 11.8 Å². The largest absolute Gasteiger partial charge is 0.496 e. The van der Waals surface area contributed by atoms with Crippen LogP contribution in [0.15, 0.2) is 42.6 Å². The van der Waals surface area contributed by atoms with Gasteiger partial charge in [0.2, 0.25) is 0 Å². The summed E-state index contributed by atoms with van der Waals surface area (Å²) >= 11 is 1.35. The second-order valence-corrected chi connectivity index (χ2v) is 8.64. The summed E-state index contributed by atoms with van der Waals surface area (Å²) in [5, 5.41) is 3.85. The van der Waals surface area contributed by atoms with Gasteiger partial charge in [-0.25, -0.2) is 4.98 Å². The van der Waals surface area contributed by atoms with E-state index in [0.29, 0.717) is 35.9 Å². The number of pyridine rings is 1. The molecule has 1 aliphatic heterocycles. The van der Waals surface area contributed by atoms with Crippen molar-refractivity contribution in [2.75, 3.05) is 26.8 Å². The van der Waals surface area contributed by atoms with Crippen molar-refractivity contribution in [2.24, 2.45) is 0 Å². The first-order chi connectivity index (χ1) is 15.0. The zero-order chi connectivity index (χ0) is 22.0. The molecule has 3 heterocycles. The molecular formula is C23H25N3O4S. The molecule has 8 heteroatoms. The number of ether oxygens (including phenoxy) is 2. The van der Waals surface area contributed by atoms with Gasteiger partial charge in [-0.15, -0.1) is 11.3 Å². The molecule has 0 bridgehead atoms. The number of benzene rings is 1. The summed E-state index contributed by atoms with van der Waals surface area (Å²) in [4.78, 5) is 33.7. The SMILES string of the molecule is COc1ccccc1C(=O)N1CCO[C@H](c2c(C(=O)NC(C)C)sc3ncccc23)C1. The van der Waals surface area contributed by atoms with Gasteiger partial charge in [0.05, 0.1) is 25.8 Å². The number of amides is 2. The molecule has 1 aromatic carbocycles. The average Bonchev–Trinajstić information content (AvgIpc) is 3.18. The summed E-state index contributed by atoms with van der Waals surface area (Å²) in [7, 11) is 1.55. The molecule has 2 aromatic heterocycles. The number of nitrogens with one attached hydrogen (secondary N) is 1. The number of carbonyl (C=O) groups excluding carboxylic acids is 2. The van der Waals surface area contributed by atoms with Gasteiger partial charge < -0.3 is 19.7 Å². The molecule has 1 aliphatic rings. The number of morpholine rings is 1. The molecule has 7 nitrogen and oxygen atoms in total. The summed E-state index contributed by atoms with van der Waals surface area (Å²) in [6, 6.07) is 11.0. The van der Waals surface area contributed by atoms with Crippen molar-refractivity contribution in [3.63, 3.8) is 0 Å². The third kappa shape index (κ3) is 4.26. The van der Waals surface area contributed by atoms with Crippen LogP contribution in [0.25, 0.3) is 10.2 Å². The lowest BCUT2D eigenvalue weighted by molar-refractivity contribution is -0.0223. The quantitative estimate of drug-likeness (QED) is 0.656. The summed E-state index contributed by atoms with van der Waals surface area (Å²) < 4.78 is 11.4. The minimum atomic E-state index is -0.418. The molecule has 1 saturated heterocycles. The first-order valence-corrected chi connectivity index (χ1v) is 11.0. The highest BCUT2D eigenvalue weighted by atomic mass is 32.1. The Morgan fingerprint density at radius 2 is 2.06 bits per heavy atom. The topological polar surface area (TPSA) is 80.8 Å². The van der Waals surface area contributed by atoms with Gasteiger partial charge in [0.1, 0.15) is 21.6 Å². The summed E-state index contributed by atoms with van der Waals surface area (Å²) in [5.74, 6) is 0.277. The van der Waals surface area contributed by atoms with Crippen LogP contribution >= 0.6 is 11.3 Å². The van der Waals surface area contributed by atoms with Crippen molar-refractivity contribution in [3.05, 3.63) is 58.6 Å². The summed E-state index contributed by atoms with van der Waals surface area (Å²) in [5.41, 5.74) is 1.31. The molecule has 0 aliphatic carbocycles. The molecule has 0 saturated carbocycles. The fourth-order valence-electron chi connectivity index (χ4n) is 3.77. The molecule has 0 radical (unpaired) electrons. The van der Waals surface area contributed by atoms with E-state index in [4.69, 9.17) is 9.47 Å². The van der Waals surface area contributed by atoms with Crippen LogP contribution in [0, 0.1) is 0 Å². The highest BCUT2D eigenvalue weighted by molar-refractivity contribution is 7.20. The minimum Gasteiger partial charge on any atom is -0.496 e. The van der Waals surface area contributed by atoms with Gasteiger partial charge in [-0.2, -0.15) is 0 Å². The van der Waals surface area contributed by atoms with E-state index in [-0.39, 0.29) is 17.9 Å². The number of methoxy groups -OCH3 is 1. The number of thiophene rings is 1. The van der Waals surface area contributed by atoms with Gasteiger partial charge in [0, 0.05) is 29.7 Å². The Labute approximate surface area is 185 Å². The van der Waals surface area contributed by atoms with Crippen molar-refractivity contribution < 1.29 is 19.1 Å². The third-order valence-electron chi connectivity index (χ3n) is 5.14. The van der Waals surface area contributed by atoms with Crippen molar-refractivity contribution in [1.29, 1.82) is 0 Å². The van der Waals surface area contributed by atoms with E-state index >= 15 is 0 Å². The Bertz CT molecular complexity index is 1110. The number of aromatic nitrogens is 1. The van der Waals surface area contributed by atoms with Gasteiger partial charge in [-0.1, -0.05) is 18.2 Å². The molecule has 31 heavy (non-hydrogen) atoms. The van der Waals surface area contributed by atoms with E-state index in [1.807, 2.05) is 38.1 Å². The van der Waals surface area contributed by atoms with E-state index in [0.717, 1.165) is 15.8 Å². The minimum absolute atomic E-state index is 0.00872. The van der Waals surface area contributed by atoms with Crippen LogP contribution in [0.1, 0.15) is 45.5 Å². The second-order valence-electron chi connectivity index (χ2n) is 7.64. The Hall–Kier alpha value is -2.97. The van der Waals surface area contributed by atoms with Crippen LogP contribution < -0.4 is 10.1 Å². The molecule has 0 unspecified atom stereocenters. The second kappa shape index (κ2) is 9.03. The van der Waals surface area contributed by atoms with Crippen molar-refractivity contribution >= 4 is 33.4 Å². The molecule has 3 aromatic rings. The molecule has 162 valence electrons. The van der Waals surface area contributed by atoms with E-state index < -0.39 is 6.10 Å². The molecule has 0 spiro atoms. The highest BCUT2D eigenvalue weighted by Crippen LogP contribution is 2.37. The number of nitrogens with zero attached hydrogens (tertiary/aromatic N) is 2. The zero-order valence-electron chi connectivity index (χ0n) is 17.8. The normalized spacial score (nSPS) is 16.5. The maximum Gasteiger partial charge on any atom is 0.262 e.